The van der Waals surface area contributed by atoms with E-state index in [-0.39, 0.29) is 18.7 Å². The Morgan fingerprint density at radius 1 is 1.25 bits per heavy atom. The Labute approximate surface area is 177 Å². The molecule has 2 aliphatic rings. The van der Waals surface area contributed by atoms with Crippen LogP contribution in [0.3, 0.4) is 0 Å². The lowest BCUT2D eigenvalue weighted by Crippen LogP contribution is -2.69. The molecule has 2 fully saturated rings. The zero-order valence-electron chi connectivity index (χ0n) is 16.7. The van der Waals surface area contributed by atoms with E-state index in [2.05, 4.69) is 10.1 Å². The summed E-state index contributed by atoms with van der Waals surface area (Å²) in [6.07, 6.45) is -10.5. The predicted molar refractivity (Wildman–Crippen MR) is 95.8 cm³/mol. The van der Waals surface area contributed by atoms with Crippen molar-refractivity contribution in [2.75, 3.05) is 13.1 Å². The summed E-state index contributed by atoms with van der Waals surface area (Å²) in [5.74, 6) is -6.70. The molecule has 1 aliphatic carbocycles. The van der Waals surface area contributed by atoms with Gasteiger partial charge in [0.25, 0.3) is 0 Å². The summed E-state index contributed by atoms with van der Waals surface area (Å²) < 4.78 is 95.3. The standard InChI is InChI=1S/C19H20F7N3O3/c1-17(15(30)28-4-5-29(17)16(27)31)14(9-6-10(7-9)18(21,22)23)12-3-2-11(8-13(12)20)32-19(24,25)26/h2-3,8-10,14H,4-7H2,1H3,(H2,27,31)(H,28,30)/t9?,10?,14-,17?/m0/s1. The Hall–Kier alpha value is -2.73. The van der Waals surface area contributed by atoms with E-state index in [9.17, 15) is 40.3 Å². The highest BCUT2D eigenvalue weighted by Gasteiger charge is 2.59. The van der Waals surface area contributed by atoms with Crippen molar-refractivity contribution in [3.63, 3.8) is 0 Å². The van der Waals surface area contributed by atoms with E-state index in [1.165, 1.54) is 6.92 Å². The molecule has 178 valence electrons. The number of nitrogens with one attached hydrogen (secondary N) is 1. The second-order valence-electron chi connectivity index (χ2n) is 8.07. The minimum Gasteiger partial charge on any atom is -0.406 e. The van der Waals surface area contributed by atoms with Gasteiger partial charge in [0.15, 0.2) is 0 Å². The second kappa shape index (κ2) is 8.00. The number of piperazine rings is 1. The number of amides is 3. The summed E-state index contributed by atoms with van der Waals surface area (Å²) in [6, 6.07) is 1.14. The highest BCUT2D eigenvalue weighted by atomic mass is 19.4. The number of nitrogens with two attached hydrogens (primary N) is 1. The smallest absolute Gasteiger partial charge is 0.406 e. The highest BCUT2D eigenvalue weighted by molar-refractivity contribution is 5.92. The first kappa shape index (κ1) is 23.9. The van der Waals surface area contributed by atoms with Crippen LogP contribution in [0.25, 0.3) is 0 Å². The van der Waals surface area contributed by atoms with Crippen molar-refractivity contribution in [1.82, 2.24) is 10.2 Å². The second-order valence-corrected chi connectivity index (χ2v) is 8.07. The molecule has 1 aromatic carbocycles. The summed E-state index contributed by atoms with van der Waals surface area (Å²) in [5, 5.41) is 2.51. The quantitative estimate of drug-likeness (QED) is 0.658. The first-order chi connectivity index (χ1) is 14.6. The molecule has 3 N–H and O–H groups in total. The summed E-state index contributed by atoms with van der Waals surface area (Å²) in [4.78, 5) is 25.9. The van der Waals surface area contributed by atoms with Crippen LogP contribution in [0, 0.1) is 17.7 Å². The van der Waals surface area contributed by atoms with E-state index in [0.717, 1.165) is 17.0 Å². The molecule has 1 aromatic rings. The average Bonchev–Trinajstić information content (AvgIpc) is 2.58. The van der Waals surface area contributed by atoms with Gasteiger partial charge in [-0.15, -0.1) is 13.2 Å². The number of ether oxygens (including phenoxy) is 1. The molecule has 1 aliphatic heterocycles. The fraction of sp³-hybridized carbons (Fsp3) is 0.579. The lowest BCUT2D eigenvalue weighted by atomic mass is 9.59. The fourth-order valence-corrected chi connectivity index (χ4v) is 4.64. The van der Waals surface area contributed by atoms with Gasteiger partial charge in [0, 0.05) is 25.1 Å². The van der Waals surface area contributed by atoms with Crippen molar-refractivity contribution in [1.29, 1.82) is 0 Å². The van der Waals surface area contributed by atoms with Gasteiger partial charge in [-0.05, 0) is 37.3 Å². The molecule has 1 heterocycles. The molecule has 3 amide bonds. The summed E-state index contributed by atoms with van der Waals surface area (Å²) in [6.45, 7) is 1.22. The van der Waals surface area contributed by atoms with Crippen LogP contribution in [0.5, 0.6) is 5.75 Å². The molecule has 0 radical (unpaired) electrons. The first-order valence-corrected chi connectivity index (χ1v) is 9.62. The van der Waals surface area contributed by atoms with Crippen molar-refractivity contribution in [3.8, 4) is 5.75 Å². The Morgan fingerprint density at radius 3 is 2.38 bits per heavy atom. The van der Waals surface area contributed by atoms with E-state index < -0.39 is 72.2 Å². The van der Waals surface area contributed by atoms with Crippen LogP contribution in [0.1, 0.15) is 31.2 Å². The minimum atomic E-state index is -5.08. The van der Waals surface area contributed by atoms with Gasteiger partial charge in [-0.25, -0.2) is 9.18 Å². The van der Waals surface area contributed by atoms with Gasteiger partial charge >= 0.3 is 18.6 Å². The largest absolute Gasteiger partial charge is 0.573 e. The Balaban J connectivity index is 2.06. The van der Waals surface area contributed by atoms with Crippen LogP contribution in [-0.2, 0) is 4.79 Å². The molecule has 32 heavy (non-hydrogen) atoms. The summed E-state index contributed by atoms with van der Waals surface area (Å²) in [7, 11) is 0. The number of rotatable bonds is 4. The zero-order chi connectivity index (χ0) is 24.1. The van der Waals surface area contributed by atoms with Gasteiger partial charge in [0.2, 0.25) is 5.91 Å². The number of urea groups is 1. The van der Waals surface area contributed by atoms with Gasteiger partial charge in [0.05, 0.1) is 5.92 Å². The number of hydrogen-bond acceptors (Lipinski definition) is 3. The van der Waals surface area contributed by atoms with Crippen molar-refractivity contribution < 1.29 is 45.1 Å². The number of carbonyl (C=O) groups is 2. The van der Waals surface area contributed by atoms with Crippen LogP contribution in [0.4, 0.5) is 35.5 Å². The SMILES string of the molecule is CC1([C@H](c2ccc(OC(F)(F)F)cc2F)C2CC(C(F)(F)F)C2)C(=O)NCCN1C(N)=O. The topological polar surface area (TPSA) is 84.7 Å². The zero-order valence-corrected chi connectivity index (χ0v) is 16.7. The Kier molecular flexibility index (Phi) is 5.98. The van der Waals surface area contributed by atoms with Crippen LogP contribution >= 0.6 is 0 Å². The number of primary amides is 1. The number of halogens is 7. The number of benzene rings is 1. The fourth-order valence-electron chi connectivity index (χ4n) is 4.64. The molecule has 1 saturated carbocycles. The third kappa shape index (κ3) is 4.42. The molecular weight excluding hydrogens is 451 g/mol. The third-order valence-corrected chi connectivity index (χ3v) is 6.16. The van der Waals surface area contributed by atoms with Gasteiger partial charge < -0.3 is 20.7 Å². The number of nitrogens with zero attached hydrogens (tertiary/aromatic N) is 1. The minimum absolute atomic E-state index is 0.0285. The number of carbonyl (C=O) groups excluding carboxylic acids is 2. The number of alkyl halides is 6. The van der Waals surface area contributed by atoms with E-state index >= 15 is 0 Å². The lowest BCUT2D eigenvalue weighted by molar-refractivity contribution is -0.274. The molecule has 6 nitrogen and oxygen atoms in total. The third-order valence-electron chi connectivity index (χ3n) is 6.16. The van der Waals surface area contributed by atoms with E-state index in [1.807, 2.05) is 0 Å². The van der Waals surface area contributed by atoms with Crippen molar-refractivity contribution in [3.05, 3.63) is 29.6 Å². The molecule has 2 atom stereocenters. The monoisotopic (exact) mass is 471 g/mol. The van der Waals surface area contributed by atoms with Crippen molar-refractivity contribution >= 4 is 11.9 Å². The van der Waals surface area contributed by atoms with Crippen molar-refractivity contribution in [2.45, 2.75) is 43.8 Å². The van der Waals surface area contributed by atoms with E-state index in [0.29, 0.717) is 6.07 Å². The van der Waals surface area contributed by atoms with Gasteiger partial charge in [0.1, 0.15) is 17.1 Å². The maximum atomic E-state index is 15.0. The normalized spacial score (nSPS) is 27.4. The van der Waals surface area contributed by atoms with Crippen LogP contribution < -0.4 is 15.8 Å². The van der Waals surface area contributed by atoms with Crippen LogP contribution in [0.15, 0.2) is 18.2 Å². The molecule has 1 unspecified atom stereocenters. The molecule has 1 saturated heterocycles. The molecular formula is C19H20F7N3O3. The van der Waals surface area contributed by atoms with Gasteiger partial charge in [-0.2, -0.15) is 13.2 Å². The molecule has 0 aromatic heterocycles. The van der Waals surface area contributed by atoms with E-state index in [4.69, 9.17) is 5.73 Å². The maximum Gasteiger partial charge on any atom is 0.573 e. The predicted octanol–water partition coefficient (Wildman–Crippen LogP) is 3.67. The average molecular weight is 471 g/mol. The summed E-state index contributed by atoms with van der Waals surface area (Å²) >= 11 is 0. The lowest BCUT2D eigenvalue weighted by Gasteiger charge is -2.53. The van der Waals surface area contributed by atoms with E-state index in [1.54, 1.807) is 0 Å². The van der Waals surface area contributed by atoms with Crippen LogP contribution in [-0.4, -0.2) is 48.0 Å². The van der Waals surface area contributed by atoms with Crippen molar-refractivity contribution in [2.24, 2.45) is 17.6 Å². The maximum absolute atomic E-state index is 15.0. The molecule has 0 spiro atoms. The number of hydrogen-bond donors (Lipinski definition) is 2. The molecule has 0 bridgehead atoms. The molecule has 3 rings (SSSR count). The van der Waals surface area contributed by atoms with Gasteiger partial charge in [-0.3, -0.25) is 4.79 Å². The Bertz CT molecular complexity index is 899. The first-order valence-electron chi connectivity index (χ1n) is 9.62. The highest BCUT2D eigenvalue weighted by Crippen LogP contribution is 2.55. The van der Waals surface area contributed by atoms with Gasteiger partial charge in [-0.1, -0.05) is 6.07 Å². The van der Waals surface area contributed by atoms with Crippen LogP contribution in [0.2, 0.25) is 0 Å². The molecule has 13 heteroatoms. The Morgan fingerprint density at radius 2 is 1.88 bits per heavy atom. The summed E-state index contributed by atoms with van der Waals surface area (Å²) in [5.41, 5.74) is 3.23.